The van der Waals surface area contributed by atoms with Crippen LogP contribution in [0, 0.1) is 28.1 Å². The summed E-state index contributed by atoms with van der Waals surface area (Å²) < 4.78 is 4.84. The van der Waals surface area contributed by atoms with Gasteiger partial charge < -0.3 is 9.13 Å². The zero-order valence-electron chi connectivity index (χ0n) is 37.8. The molecule has 0 saturated heterocycles. The van der Waals surface area contributed by atoms with Crippen molar-refractivity contribution in [2.75, 3.05) is 0 Å². The minimum atomic E-state index is -0.458. The van der Waals surface area contributed by atoms with Crippen LogP contribution in [0.25, 0.3) is 77.2 Å². The predicted molar refractivity (Wildman–Crippen MR) is 260 cm³/mol. The topological polar surface area (TPSA) is 57.4 Å². The molecule has 0 saturated carbocycles. The summed E-state index contributed by atoms with van der Waals surface area (Å²) in [5, 5.41) is 28.5. The van der Waals surface area contributed by atoms with E-state index in [1.54, 1.807) is 0 Å². The Morgan fingerprint density at radius 1 is 0.381 bits per heavy atom. The third kappa shape index (κ3) is 4.17. The maximum Gasteiger partial charge on any atom is 0.103 e. The van der Waals surface area contributed by atoms with Gasteiger partial charge in [-0.2, -0.15) is 10.5 Å². The first kappa shape index (κ1) is 37.8. The van der Waals surface area contributed by atoms with Crippen molar-refractivity contribution in [3.8, 4) is 45.8 Å². The first-order chi connectivity index (χ1) is 30.0. The van der Waals surface area contributed by atoms with Gasteiger partial charge in [-0.05, 0) is 84.0 Å². The van der Waals surface area contributed by atoms with E-state index in [4.69, 9.17) is 0 Å². The van der Waals surface area contributed by atoms with Crippen molar-refractivity contribution in [1.82, 2.24) is 9.13 Å². The maximum atomic E-state index is 12.0. The molecule has 0 radical (unpaired) electrons. The highest BCUT2D eigenvalue weighted by atomic mass is 15.0. The summed E-state index contributed by atoms with van der Waals surface area (Å²) in [7, 11) is 0. The Morgan fingerprint density at radius 2 is 0.746 bits per heavy atom. The van der Waals surface area contributed by atoms with Gasteiger partial charge in [0.2, 0.25) is 0 Å². The Bertz CT molecular complexity index is 3430. The van der Waals surface area contributed by atoms with Crippen LogP contribution >= 0.6 is 0 Å². The lowest BCUT2D eigenvalue weighted by Gasteiger charge is -2.45. The summed E-state index contributed by atoms with van der Waals surface area (Å²) in [4.78, 5) is 0. The number of hydrogen-bond donors (Lipinski definition) is 0. The van der Waals surface area contributed by atoms with Crippen molar-refractivity contribution in [2.24, 2.45) is 5.41 Å². The molecule has 0 atom stereocenters. The summed E-state index contributed by atoms with van der Waals surface area (Å²) in [6, 6.07) is 49.7. The van der Waals surface area contributed by atoms with Crippen LogP contribution < -0.4 is 0 Å². The second-order valence-corrected chi connectivity index (χ2v) is 21.1. The third-order valence-corrected chi connectivity index (χ3v) is 17.2. The lowest BCUT2D eigenvalue weighted by molar-refractivity contribution is 0.125. The van der Waals surface area contributed by atoms with Crippen molar-refractivity contribution >= 4 is 43.6 Å². The molecule has 0 bridgehead atoms. The second-order valence-electron chi connectivity index (χ2n) is 21.1. The molecule has 0 aliphatic heterocycles. The molecule has 4 nitrogen and oxygen atoms in total. The van der Waals surface area contributed by atoms with Gasteiger partial charge in [-0.1, -0.05) is 178 Å². The van der Waals surface area contributed by atoms with Gasteiger partial charge in [-0.25, -0.2) is 0 Å². The van der Waals surface area contributed by atoms with Crippen LogP contribution in [0.5, 0.6) is 0 Å². The van der Waals surface area contributed by atoms with Gasteiger partial charge in [0, 0.05) is 32.4 Å². The second kappa shape index (κ2) is 11.8. The Labute approximate surface area is 369 Å². The molecule has 12 rings (SSSR count). The average Bonchev–Trinajstić information content (AvgIpc) is 3.95. The largest absolute Gasteiger partial charge is 0.307 e. The summed E-state index contributed by atoms with van der Waals surface area (Å²) >= 11 is 0. The SMILES string of the molecule is CC1(C)c2ccccc2-c2ccc3c4ccccc4n(-c4c(C#N)c(C#N)c(-n5c6ccccc6c6ccc7c(c65)C(C)(C)c5ccccc5-7)c5c4C(C)(C)C(C)(C)C5(C)C)c3c21. The molecule has 2 aromatic heterocycles. The molecular formula is C59H50N4. The molecule has 3 aliphatic rings. The van der Waals surface area contributed by atoms with Gasteiger partial charge in [0.15, 0.2) is 0 Å². The molecule has 3 aliphatic carbocycles. The van der Waals surface area contributed by atoms with E-state index in [1.807, 2.05) is 0 Å². The quantitative estimate of drug-likeness (QED) is 0.175. The molecular weight excluding hydrogens is 765 g/mol. The first-order valence-electron chi connectivity index (χ1n) is 22.4. The smallest absolute Gasteiger partial charge is 0.103 e. The number of rotatable bonds is 2. The third-order valence-electron chi connectivity index (χ3n) is 17.2. The molecule has 2 heterocycles. The van der Waals surface area contributed by atoms with E-state index < -0.39 is 10.8 Å². The lowest BCUT2D eigenvalue weighted by atomic mass is 9.59. The molecule has 306 valence electrons. The Balaban J connectivity index is 1.33. The van der Waals surface area contributed by atoms with Crippen LogP contribution in [0.3, 0.4) is 0 Å². The Hall–Kier alpha value is -6.88. The summed E-state index contributed by atoms with van der Waals surface area (Å²) in [6.45, 7) is 23.7. The van der Waals surface area contributed by atoms with E-state index in [0.29, 0.717) is 11.1 Å². The van der Waals surface area contributed by atoms with Gasteiger partial charge in [0.05, 0.1) is 44.6 Å². The predicted octanol–water partition coefficient (Wildman–Crippen LogP) is 14.8. The molecule has 7 aromatic carbocycles. The maximum absolute atomic E-state index is 12.0. The zero-order valence-corrected chi connectivity index (χ0v) is 37.8. The fourth-order valence-corrected chi connectivity index (χ4v) is 13.1. The summed E-state index contributed by atoms with van der Waals surface area (Å²) in [5.41, 5.74) is 17.2. The number of benzene rings is 7. The number of hydrogen-bond acceptors (Lipinski definition) is 2. The molecule has 4 heteroatoms. The highest BCUT2D eigenvalue weighted by Gasteiger charge is 2.60. The van der Waals surface area contributed by atoms with E-state index in [0.717, 1.165) is 66.1 Å². The highest BCUT2D eigenvalue weighted by Crippen LogP contribution is 2.66. The molecule has 9 aromatic rings. The van der Waals surface area contributed by atoms with E-state index in [2.05, 4.69) is 212 Å². The minimum Gasteiger partial charge on any atom is -0.307 e. The van der Waals surface area contributed by atoms with E-state index in [-0.39, 0.29) is 16.2 Å². The van der Waals surface area contributed by atoms with Gasteiger partial charge in [0.25, 0.3) is 0 Å². The number of para-hydroxylation sites is 2. The monoisotopic (exact) mass is 814 g/mol. The number of nitriles is 2. The van der Waals surface area contributed by atoms with Crippen LogP contribution in [0.15, 0.2) is 121 Å². The molecule has 0 N–H and O–H groups in total. The summed E-state index contributed by atoms with van der Waals surface area (Å²) in [5.74, 6) is 0. The Morgan fingerprint density at radius 3 is 1.14 bits per heavy atom. The van der Waals surface area contributed by atoms with Crippen LogP contribution in [-0.2, 0) is 21.7 Å². The lowest BCUT2D eigenvalue weighted by Crippen LogP contribution is -2.42. The van der Waals surface area contributed by atoms with Crippen LogP contribution in [0.4, 0.5) is 0 Å². The van der Waals surface area contributed by atoms with Crippen molar-refractivity contribution in [3.05, 3.63) is 166 Å². The van der Waals surface area contributed by atoms with Crippen molar-refractivity contribution in [2.45, 2.75) is 90.9 Å². The van der Waals surface area contributed by atoms with Gasteiger partial charge in [-0.15, -0.1) is 0 Å². The van der Waals surface area contributed by atoms with Crippen molar-refractivity contribution in [3.63, 3.8) is 0 Å². The number of nitrogens with zero attached hydrogens (tertiary/aromatic N) is 4. The van der Waals surface area contributed by atoms with E-state index in [1.165, 1.54) is 44.5 Å². The van der Waals surface area contributed by atoms with Gasteiger partial charge >= 0.3 is 0 Å². The molecule has 0 spiro atoms. The average molecular weight is 815 g/mol. The summed E-state index contributed by atoms with van der Waals surface area (Å²) in [6.07, 6.45) is 0. The highest BCUT2D eigenvalue weighted by molar-refractivity contribution is 6.15. The van der Waals surface area contributed by atoms with Crippen molar-refractivity contribution < 1.29 is 0 Å². The van der Waals surface area contributed by atoms with Crippen LogP contribution in [0.2, 0.25) is 0 Å². The fourth-order valence-electron chi connectivity index (χ4n) is 13.1. The van der Waals surface area contributed by atoms with Gasteiger partial charge in [-0.3, -0.25) is 0 Å². The minimum absolute atomic E-state index is 0.320. The number of fused-ring (bicyclic) bond motifs is 15. The van der Waals surface area contributed by atoms with Crippen molar-refractivity contribution in [1.29, 1.82) is 10.5 Å². The Kier molecular flexibility index (Phi) is 7.07. The molecule has 0 fully saturated rings. The normalized spacial score (nSPS) is 17.7. The number of aromatic nitrogens is 2. The first-order valence-corrected chi connectivity index (χ1v) is 22.4. The zero-order chi connectivity index (χ0) is 43.9. The van der Waals surface area contributed by atoms with Crippen LogP contribution in [-0.4, -0.2) is 9.13 Å². The van der Waals surface area contributed by atoms with Crippen LogP contribution in [0.1, 0.15) is 114 Å². The van der Waals surface area contributed by atoms with Gasteiger partial charge in [0.1, 0.15) is 12.1 Å². The van der Waals surface area contributed by atoms with E-state index >= 15 is 0 Å². The standard InChI is InChI=1S/C59H50N4/c1-55(2)43-23-15-11-19-33(43)37-27-29-39-35-21-13-17-25-45(35)62(51(39)47(37)55)53-41(31-60)42(32-61)54(50-49(53)57(5,6)59(9,10)58(50,7)8)63-46-26-18-14-22-36(46)40-30-28-38-34-20-12-16-24-44(34)56(3,4)48(38)52(40)63/h11-30H,1-10H3. The molecule has 63 heavy (non-hydrogen) atoms. The molecule has 0 unspecified atom stereocenters. The fraction of sp³-hybridized carbons (Fsp3) is 0.254. The van der Waals surface area contributed by atoms with E-state index in [9.17, 15) is 10.5 Å². The molecule has 0 amide bonds.